The molecule has 0 saturated carbocycles. The average Bonchev–Trinajstić information content (AvgIpc) is 2.79. The molecule has 4 rings (SSSR count). The van der Waals surface area contributed by atoms with E-state index in [1.54, 1.807) is 35.2 Å². The van der Waals surface area contributed by atoms with E-state index in [0.29, 0.717) is 54.6 Å². The molecule has 0 radical (unpaired) electrons. The molecule has 1 fully saturated rings. The molecule has 0 spiro atoms. The zero-order valence-electron chi connectivity index (χ0n) is 16.8. The van der Waals surface area contributed by atoms with Gasteiger partial charge in [0.1, 0.15) is 13.2 Å². The van der Waals surface area contributed by atoms with Crippen molar-refractivity contribution in [3.63, 3.8) is 0 Å². The van der Waals surface area contributed by atoms with E-state index in [1.807, 2.05) is 13.0 Å². The van der Waals surface area contributed by atoms with Crippen LogP contribution in [-0.4, -0.2) is 43.0 Å². The van der Waals surface area contributed by atoms with Crippen LogP contribution < -0.4 is 14.8 Å². The number of rotatable bonds is 3. The topological polar surface area (TPSA) is 91.7 Å². The van der Waals surface area contributed by atoms with Crippen LogP contribution in [0.15, 0.2) is 36.4 Å². The molecule has 154 valence electrons. The van der Waals surface area contributed by atoms with Gasteiger partial charge < -0.3 is 19.7 Å². The summed E-state index contributed by atoms with van der Waals surface area (Å²) in [5, 5.41) is 12.1. The Labute approximate surface area is 175 Å². The van der Waals surface area contributed by atoms with E-state index in [-0.39, 0.29) is 17.7 Å². The summed E-state index contributed by atoms with van der Waals surface area (Å²) in [6.07, 6.45) is 1.65. The number of amides is 2. The molecule has 7 nitrogen and oxygen atoms in total. The standard InChI is InChI=1S/C23H23N3O4/c1-15-4-5-18(23(28)26-8-2-3-16(13-24)14-26)11-19(15)25-22(27)17-6-7-20-21(12-17)30-10-9-29-20/h4-7,11-12,16H,2-3,8-10,14H2,1H3,(H,25,27). The van der Waals surface area contributed by atoms with Gasteiger partial charge in [0.2, 0.25) is 0 Å². The van der Waals surface area contributed by atoms with Crippen molar-refractivity contribution in [2.75, 3.05) is 31.6 Å². The van der Waals surface area contributed by atoms with Crippen molar-refractivity contribution in [2.45, 2.75) is 19.8 Å². The van der Waals surface area contributed by atoms with Crippen LogP contribution in [0, 0.1) is 24.2 Å². The van der Waals surface area contributed by atoms with Crippen molar-refractivity contribution in [3.05, 3.63) is 53.1 Å². The maximum absolute atomic E-state index is 12.9. The molecule has 2 aliphatic rings. The van der Waals surface area contributed by atoms with E-state index in [1.165, 1.54) is 0 Å². The van der Waals surface area contributed by atoms with Crippen molar-refractivity contribution in [1.82, 2.24) is 4.90 Å². The fraction of sp³-hybridized carbons (Fsp3) is 0.348. The molecule has 2 aromatic carbocycles. The largest absolute Gasteiger partial charge is 0.486 e. The number of piperidine rings is 1. The summed E-state index contributed by atoms with van der Waals surface area (Å²) in [5.41, 5.74) is 2.38. The van der Waals surface area contributed by atoms with Crippen molar-refractivity contribution in [1.29, 1.82) is 5.26 Å². The van der Waals surface area contributed by atoms with Gasteiger partial charge in [0, 0.05) is 29.9 Å². The second-order valence-corrected chi connectivity index (χ2v) is 7.56. The molecule has 1 unspecified atom stereocenters. The molecule has 30 heavy (non-hydrogen) atoms. The maximum atomic E-state index is 12.9. The molecule has 2 aromatic rings. The Hall–Kier alpha value is -3.53. The molecular weight excluding hydrogens is 382 g/mol. The number of ether oxygens (including phenoxy) is 2. The fourth-order valence-corrected chi connectivity index (χ4v) is 3.72. The van der Waals surface area contributed by atoms with Crippen molar-refractivity contribution >= 4 is 17.5 Å². The van der Waals surface area contributed by atoms with Crippen molar-refractivity contribution < 1.29 is 19.1 Å². The first-order valence-corrected chi connectivity index (χ1v) is 10.1. The summed E-state index contributed by atoms with van der Waals surface area (Å²) >= 11 is 0. The lowest BCUT2D eigenvalue weighted by Gasteiger charge is -2.29. The highest BCUT2D eigenvalue weighted by molar-refractivity contribution is 6.06. The third kappa shape index (κ3) is 4.08. The summed E-state index contributed by atoms with van der Waals surface area (Å²) in [6.45, 7) is 3.90. The smallest absolute Gasteiger partial charge is 0.255 e. The number of carbonyl (C=O) groups is 2. The van der Waals surface area contributed by atoms with E-state index in [2.05, 4.69) is 11.4 Å². The molecular formula is C23H23N3O4. The van der Waals surface area contributed by atoms with Crippen molar-refractivity contribution in [2.24, 2.45) is 5.92 Å². The van der Waals surface area contributed by atoms with Gasteiger partial charge >= 0.3 is 0 Å². The summed E-state index contributed by atoms with van der Waals surface area (Å²) in [6, 6.07) is 12.6. The van der Waals surface area contributed by atoms with Crippen LogP contribution in [-0.2, 0) is 0 Å². The van der Waals surface area contributed by atoms with Crippen LogP contribution >= 0.6 is 0 Å². The fourth-order valence-electron chi connectivity index (χ4n) is 3.72. The second-order valence-electron chi connectivity index (χ2n) is 7.56. The first-order valence-electron chi connectivity index (χ1n) is 10.1. The summed E-state index contributed by atoms with van der Waals surface area (Å²) < 4.78 is 11.0. The first kappa shape index (κ1) is 19.8. The van der Waals surface area contributed by atoms with Gasteiger partial charge in [-0.15, -0.1) is 0 Å². The summed E-state index contributed by atoms with van der Waals surface area (Å²) in [5.74, 6) is 0.639. The number of likely N-dealkylation sites (tertiary alicyclic amines) is 1. The monoisotopic (exact) mass is 405 g/mol. The Morgan fingerprint density at radius 1 is 1.10 bits per heavy atom. The van der Waals surface area contributed by atoms with Gasteiger partial charge in [-0.25, -0.2) is 0 Å². The number of hydrogen-bond acceptors (Lipinski definition) is 5. The van der Waals surface area contributed by atoms with E-state index < -0.39 is 0 Å². The van der Waals surface area contributed by atoms with E-state index in [9.17, 15) is 14.9 Å². The Balaban J connectivity index is 1.51. The first-order chi connectivity index (χ1) is 14.5. The molecule has 1 saturated heterocycles. The number of nitriles is 1. The summed E-state index contributed by atoms with van der Waals surface area (Å²) in [7, 11) is 0. The number of benzene rings is 2. The lowest BCUT2D eigenvalue weighted by atomic mass is 9.98. The molecule has 0 aromatic heterocycles. The Morgan fingerprint density at radius 2 is 1.87 bits per heavy atom. The van der Waals surface area contributed by atoms with E-state index in [0.717, 1.165) is 18.4 Å². The number of aryl methyl sites for hydroxylation is 1. The molecule has 2 amide bonds. The minimum absolute atomic E-state index is 0.121. The number of anilines is 1. The molecule has 1 N–H and O–H groups in total. The molecule has 7 heteroatoms. The van der Waals surface area contributed by atoms with Crippen LogP contribution in [0.3, 0.4) is 0 Å². The quantitative estimate of drug-likeness (QED) is 0.845. The highest BCUT2D eigenvalue weighted by Crippen LogP contribution is 2.31. The Morgan fingerprint density at radius 3 is 2.67 bits per heavy atom. The molecule has 0 bridgehead atoms. The normalized spacial score (nSPS) is 17.7. The average molecular weight is 405 g/mol. The molecule has 2 aliphatic heterocycles. The zero-order valence-corrected chi connectivity index (χ0v) is 16.8. The number of carbonyl (C=O) groups excluding carboxylic acids is 2. The van der Waals surface area contributed by atoms with E-state index >= 15 is 0 Å². The van der Waals surface area contributed by atoms with Crippen LogP contribution in [0.2, 0.25) is 0 Å². The van der Waals surface area contributed by atoms with Gasteiger partial charge in [0.15, 0.2) is 11.5 Å². The summed E-state index contributed by atoms with van der Waals surface area (Å²) in [4.78, 5) is 27.4. The third-order valence-corrected chi connectivity index (χ3v) is 5.43. The van der Waals surface area contributed by atoms with Crippen LogP contribution in [0.25, 0.3) is 0 Å². The minimum Gasteiger partial charge on any atom is -0.486 e. The van der Waals surface area contributed by atoms with Crippen LogP contribution in [0.4, 0.5) is 5.69 Å². The SMILES string of the molecule is Cc1ccc(C(=O)N2CCCC(C#N)C2)cc1NC(=O)c1ccc2c(c1)OCCO2. The van der Waals surface area contributed by atoms with Gasteiger partial charge in [-0.1, -0.05) is 6.07 Å². The third-order valence-electron chi connectivity index (χ3n) is 5.43. The lowest BCUT2D eigenvalue weighted by Crippen LogP contribution is -2.39. The van der Waals surface area contributed by atoms with Crippen molar-refractivity contribution in [3.8, 4) is 17.6 Å². The van der Waals surface area contributed by atoms with Gasteiger partial charge in [0.05, 0.1) is 12.0 Å². The van der Waals surface area contributed by atoms with E-state index in [4.69, 9.17) is 9.47 Å². The Bertz CT molecular complexity index is 1030. The van der Waals surface area contributed by atoms with Crippen LogP contribution in [0.1, 0.15) is 39.1 Å². The number of fused-ring (bicyclic) bond motifs is 1. The highest BCUT2D eigenvalue weighted by atomic mass is 16.6. The predicted molar refractivity (Wildman–Crippen MR) is 111 cm³/mol. The second kappa shape index (κ2) is 8.46. The number of nitrogens with one attached hydrogen (secondary N) is 1. The highest BCUT2D eigenvalue weighted by Gasteiger charge is 2.25. The zero-order chi connectivity index (χ0) is 21.1. The minimum atomic E-state index is -0.290. The van der Waals surface area contributed by atoms with Gasteiger partial charge in [0.25, 0.3) is 11.8 Å². The van der Waals surface area contributed by atoms with Crippen LogP contribution in [0.5, 0.6) is 11.5 Å². The molecule has 2 heterocycles. The van der Waals surface area contributed by atoms with Gasteiger partial charge in [-0.05, 0) is 55.7 Å². The maximum Gasteiger partial charge on any atom is 0.255 e. The number of nitrogens with zero attached hydrogens (tertiary/aromatic N) is 2. The Kier molecular flexibility index (Phi) is 5.57. The predicted octanol–water partition coefficient (Wildman–Crippen LogP) is 3.39. The van der Waals surface area contributed by atoms with Gasteiger partial charge in [-0.3, -0.25) is 9.59 Å². The molecule has 1 atom stereocenters. The lowest BCUT2D eigenvalue weighted by molar-refractivity contribution is 0.0698. The number of hydrogen-bond donors (Lipinski definition) is 1. The molecule has 0 aliphatic carbocycles. The van der Waals surface area contributed by atoms with Gasteiger partial charge in [-0.2, -0.15) is 5.26 Å².